The largest absolute Gasteiger partial charge is 0.497 e. The molecule has 0 unspecified atom stereocenters. The molecule has 0 radical (unpaired) electrons. The van der Waals surface area contributed by atoms with E-state index in [4.69, 9.17) is 19.2 Å². The summed E-state index contributed by atoms with van der Waals surface area (Å²) < 4.78 is 46.1. The molecular formula is C42H55N3O9S. The van der Waals surface area contributed by atoms with Crippen LogP contribution in [-0.2, 0) is 40.4 Å². The number of hydrogen-bond donors (Lipinski definition) is 1. The average Bonchev–Trinajstić information content (AvgIpc) is 4.07. The van der Waals surface area contributed by atoms with E-state index in [0.29, 0.717) is 30.8 Å². The number of nitrogens with one attached hydrogen (secondary N) is 1. The summed E-state index contributed by atoms with van der Waals surface area (Å²) in [4.78, 5) is 63.0. The third-order valence-electron chi connectivity index (χ3n) is 12.7. The Labute approximate surface area is 324 Å². The smallest absolute Gasteiger partial charge is 0.307 e. The van der Waals surface area contributed by atoms with Crippen molar-refractivity contribution < 1.29 is 41.8 Å². The number of carbonyl (C=O) groups is 4. The lowest BCUT2D eigenvalue weighted by Crippen LogP contribution is -2.48. The molecule has 13 heteroatoms. The quantitative estimate of drug-likeness (QED) is 0.255. The van der Waals surface area contributed by atoms with E-state index in [1.165, 1.54) is 4.90 Å². The van der Waals surface area contributed by atoms with E-state index in [0.717, 1.165) is 48.7 Å². The van der Waals surface area contributed by atoms with E-state index in [-0.39, 0.29) is 55.8 Å². The van der Waals surface area contributed by atoms with Crippen molar-refractivity contribution in [3.05, 3.63) is 42.6 Å². The number of esters is 1. The predicted octanol–water partition coefficient (Wildman–Crippen LogP) is 5.84. The van der Waals surface area contributed by atoms with E-state index in [1.807, 2.05) is 52.0 Å². The lowest BCUT2D eigenvalue weighted by Gasteiger charge is -2.35. The lowest BCUT2D eigenvalue weighted by molar-refractivity contribution is -0.158. The number of aromatic nitrogens is 1. The van der Waals surface area contributed by atoms with Crippen LogP contribution in [0.1, 0.15) is 104 Å². The van der Waals surface area contributed by atoms with Crippen LogP contribution in [-0.4, -0.2) is 78.5 Å². The van der Waals surface area contributed by atoms with Crippen LogP contribution >= 0.6 is 0 Å². The number of ketones is 1. The molecule has 0 spiro atoms. The maximum Gasteiger partial charge on any atom is 0.307 e. The van der Waals surface area contributed by atoms with Gasteiger partial charge in [0.25, 0.3) is 0 Å². The van der Waals surface area contributed by atoms with Crippen molar-refractivity contribution in [1.29, 1.82) is 0 Å². The zero-order chi connectivity index (χ0) is 39.5. The highest BCUT2D eigenvalue weighted by atomic mass is 32.2. The molecule has 55 heavy (non-hydrogen) atoms. The topological polar surface area (TPSA) is 158 Å². The van der Waals surface area contributed by atoms with E-state index in [1.54, 1.807) is 13.2 Å². The number of benzene rings is 1. The highest BCUT2D eigenvalue weighted by molar-refractivity contribution is 7.90. The second kappa shape index (κ2) is 14.5. The van der Waals surface area contributed by atoms with Crippen LogP contribution in [0.3, 0.4) is 0 Å². The van der Waals surface area contributed by atoms with Gasteiger partial charge in [-0.05, 0) is 87.5 Å². The number of fused-ring (bicyclic) bond motifs is 5. The summed E-state index contributed by atoms with van der Waals surface area (Å²) in [6.07, 6.45) is 7.23. The third kappa shape index (κ3) is 8.14. The molecule has 2 aliphatic heterocycles. The maximum atomic E-state index is 14.8. The van der Waals surface area contributed by atoms with Crippen molar-refractivity contribution in [2.45, 2.75) is 128 Å². The molecule has 12 nitrogen and oxygen atoms in total. The molecule has 5 aliphatic rings. The summed E-state index contributed by atoms with van der Waals surface area (Å²) in [7, 11) is -2.24. The minimum atomic E-state index is -3.85. The number of Topliss-reactive ketones (excluding diaryl/α,β-unsaturated/α-hetero) is 1. The fourth-order valence-corrected chi connectivity index (χ4v) is 10.1. The van der Waals surface area contributed by atoms with Crippen molar-refractivity contribution in [3.63, 3.8) is 0 Å². The number of carbonyl (C=O) groups excluding carboxylic acids is 4. The van der Waals surface area contributed by atoms with Gasteiger partial charge in [-0.2, -0.15) is 0 Å². The second-order valence-electron chi connectivity index (χ2n) is 17.9. The molecule has 298 valence electrons. The highest BCUT2D eigenvalue weighted by Gasteiger charge is 2.62. The van der Waals surface area contributed by atoms with Crippen molar-refractivity contribution in [1.82, 2.24) is 14.6 Å². The Balaban J connectivity index is 1.22. The summed E-state index contributed by atoms with van der Waals surface area (Å²) in [5.74, 6) is -1.54. The van der Waals surface area contributed by atoms with Crippen LogP contribution < -0.4 is 14.2 Å². The Kier molecular flexibility index (Phi) is 10.3. The Morgan fingerprint density at radius 1 is 1.11 bits per heavy atom. The number of rotatable bonds is 8. The Bertz CT molecular complexity index is 2010. The number of nitrogens with zero attached hydrogens (tertiary/aromatic N) is 2. The Hall–Kier alpha value is -4.00. The minimum absolute atomic E-state index is 0.0758. The van der Waals surface area contributed by atoms with E-state index in [9.17, 15) is 27.6 Å². The second-order valence-corrected chi connectivity index (χ2v) is 19.9. The molecule has 3 heterocycles. The molecule has 7 atom stereocenters. The molecule has 2 bridgehead atoms. The number of aryl methyl sites for hydroxylation is 1. The van der Waals surface area contributed by atoms with E-state index < -0.39 is 61.6 Å². The molecule has 1 aromatic carbocycles. The van der Waals surface area contributed by atoms with Gasteiger partial charge in [-0.25, -0.2) is 13.4 Å². The first-order valence-electron chi connectivity index (χ1n) is 19.8. The Morgan fingerprint density at radius 3 is 2.55 bits per heavy atom. The molecule has 1 saturated heterocycles. The fourth-order valence-electron chi connectivity index (χ4n) is 8.76. The minimum Gasteiger partial charge on any atom is -0.497 e. The fraction of sp³-hybridized carbons (Fsp3) is 0.643. The van der Waals surface area contributed by atoms with Gasteiger partial charge in [0.15, 0.2) is 5.78 Å². The molecule has 7 rings (SSSR count). The summed E-state index contributed by atoms with van der Waals surface area (Å²) >= 11 is 0. The monoisotopic (exact) mass is 777 g/mol. The van der Waals surface area contributed by atoms with Gasteiger partial charge in [0.2, 0.25) is 21.8 Å². The molecule has 2 aromatic rings. The highest BCUT2D eigenvalue weighted by Crippen LogP contribution is 2.57. The van der Waals surface area contributed by atoms with Gasteiger partial charge < -0.3 is 19.1 Å². The maximum absolute atomic E-state index is 14.8. The average molecular weight is 778 g/mol. The zero-order valence-electron chi connectivity index (χ0n) is 32.7. The first-order valence-corrected chi connectivity index (χ1v) is 21.4. The predicted molar refractivity (Wildman–Crippen MR) is 206 cm³/mol. The van der Waals surface area contributed by atoms with Crippen molar-refractivity contribution in [2.75, 3.05) is 13.7 Å². The lowest BCUT2D eigenvalue weighted by atomic mass is 9.77. The van der Waals surface area contributed by atoms with Gasteiger partial charge >= 0.3 is 5.97 Å². The molecular weight excluding hydrogens is 723 g/mol. The van der Waals surface area contributed by atoms with Crippen LogP contribution in [0.2, 0.25) is 0 Å². The van der Waals surface area contributed by atoms with Crippen molar-refractivity contribution in [2.24, 2.45) is 28.6 Å². The summed E-state index contributed by atoms with van der Waals surface area (Å²) in [6, 6.07) is 6.66. The van der Waals surface area contributed by atoms with Crippen molar-refractivity contribution >= 4 is 44.5 Å². The molecule has 3 saturated carbocycles. The molecule has 1 aromatic heterocycles. The van der Waals surface area contributed by atoms with E-state index in [2.05, 4.69) is 11.3 Å². The number of amides is 2. The van der Waals surface area contributed by atoms with Crippen LogP contribution in [0, 0.1) is 28.6 Å². The molecule has 3 aliphatic carbocycles. The number of methoxy groups -OCH3 is 1. The molecule has 2 amide bonds. The molecule has 1 N–H and O–H groups in total. The van der Waals surface area contributed by atoms with Gasteiger partial charge in [0.05, 0.1) is 53.9 Å². The normalized spacial score (nSPS) is 31.5. The zero-order valence-corrected chi connectivity index (χ0v) is 33.5. The molecule has 4 fully saturated rings. The summed E-state index contributed by atoms with van der Waals surface area (Å²) in [5.41, 5.74) is -0.897. The standard InChI is InChI=1S/C42H55N3O9S/c1-7-26-22-42(26,39(49)44-55(50,51)30-14-15-30)23-35(46)34-19-29-24-45(34)38(48)31(40(2,3)4)20-37(47)54-41(5)21-27(41)11-9-8-10-12-33-36(53-29)18-25-17-28(52-6)13-16-32(25)43-33/h7,13,16-18,26-27,29-31,34H,1,8-12,14-15,19-24H2,2-6H3,(H,44,49)/t26-,27-,29-,31-,34+,41-,42-/m1/s1. The number of pyridine rings is 1. The number of allylic oxidation sites excluding steroid dienone is 1. The van der Waals surface area contributed by atoms with Crippen LogP contribution in [0.15, 0.2) is 36.9 Å². The third-order valence-corrected chi connectivity index (χ3v) is 14.5. The van der Waals surface area contributed by atoms with Crippen LogP contribution in [0.4, 0.5) is 0 Å². The van der Waals surface area contributed by atoms with Gasteiger partial charge in [0.1, 0.15) is 23.2 Å². The Morgan fingerprint density at radius 2 is 1.87 bits per heavy atom. The van der Waals surface area contributed by atoms with Crippen LogP contribution in [0.25, 0.3) is 10.9 Å². The number of ether oxygens (including phenoxy) is 3. The van der Waals surface area contributed by atoms with Gasteiger partial charge in [-0.15, -0.1) is 6.58 Å². The van der Waals surface area contributed by atoms with Crippen molar-refractivity contribution in [3.8, 4) is 11.5 Å². The number of hydrogen-bond acceptors (Lipinski definition) is 10. The summed E-state index contributed by atoms with van der Waals surface area (Å²) in [6.45, 7) is 11.6. The van der Waals surface area contributed by atoms with Gasteiger partial charge in [-0.1, -0.05) is 39.7 Å². The summed E-state index contributed by atoms with van der Waals surface area (Å²) in [5, 5.41) is 0.228. The van der Waals surface area contributed by atoms with Gasteiger partial charge in [0, 0.05) is 24.1 Å². The van der Waals surface area contributed by atoms with Gasteiger partial charge in [-0.3, -0.25) is 23.9 Å². The first-order chi connectivity index (χ1) is 26.0. The number of sulfonamides is 1. The SMILES string of the molecule is C=C[C@@H]1C[C@]1(CC(=O)[C@@H]1C[C@@H]2CN1C(=O)[C@H](C(C)(C)C)CC(=O)O[C@]1(C)C[C@H]1CCCCCc1nc3ccc(OC)cc3cc1O2)C(=O)NS(=O)(=O)C1CC1. The van der Waals surface area contributed by atoms with Crippen LogP contribution in [0.5, 0.6) is 11.5 Å². The first kappa shape index (κ1) is 39.2. The van der Waals surface area contributed by atoms with E-state index >= 15 is 0 Å².